The number of nitrogens with zero attached hydrogens (tertiary/aromatic N) is 3. The van der Waals surface area contributed by atoms with Gasteiger partial charge in [0, 0.05) is 17.3 Å². The first-order chi connectivity index (χ1) is 13.0. The zero-order valence-corrected chi connectivity index (χ0v) is 15.2. The Balaban J connectivity index is 1.83. The molecule has 0 aliphatic rings. The number of aromatic nitrogens is 2. The van der Waals surface area contributed by atoms with Gasteiger partial charge in [0.2, 0.25) is 0 Å². The standard InChI is InChI=1S/C20H20N4O3/c1-3-18-17(12-21-23(18)13-15-7-5-4-6-8-15)20(25)22-16-10-9-14(2)19(11-16)24(26)27/h4-12H,3,13H2,1-2H3,(H,22,25). The van der Waals surface area contributed by atoms with E-state index in [1.807, 2.05) is 41.9 Å². The summed E-state index contributed by atoms with van der Waals surface area (Å²) in [4.78, 5) is 23.3. The Kier molecular flexibility index (Phi) is 5.30. The first-order valence-corrected chi connectivity index (χ1v) is 8.64. The van der Waals surface area contributed by atoms with Crippen LogP contribution >= 0.6 is 0 Å². The number of nitro groups is 1. The molecule has 2 aromatic carbocycles. The largest absolute Gasteiger partial charge is 0.322 e. The highest BCUT2D eigenvalue weighted by Gasteiger charge is 2.18. The molecule has 0 radical (unpaired) electrons. The predicted octanol–water partition coefficient (Wildman–Crippen LogP) is 3.96. The third kappa shape index (κ3) is 4.03. The number of amides is 1. The normalized spacial score (nSPS) is 10.6. The number of nitro benzene ring substituents is 1. The molecule has 0 fully saturated rings. The van der Waals surface area contributed by atoms with Crippen molar-refractivity contribution in [3.63, 3.8) is 0 Å². The van der Waals surface area contributed by atoms with Gasteiger partial charge in [-0.2, -0.15) is 5.10 Å². The number of aryl methyl sites for hydroxylation is 1. The van der Waals surface area contributed by atoms with Gasteiger partial charge in [0.15, 0.2) is 0 Å². The van der Waals surface area contributed by atoms with Crippen LogP contribution in [0.15, 0.2) is 54.7 Å². The van der Waals surface area contributed by atoms with Gasteiger partial charge in [0.1, 0.15) is 0 Å². The van der Waals surface area contributed by atoms with Crippen LogP contribution < -0.4 is 5.32 Å². The molecule has 27 heavy (non-hydrogen) atoms. The van der Waals surface area contributed by atoms with Gasteiger partial charge in [0.25, 0.3) is 11.6 Å². The molecule has 1 amide bonds. The summed E-state index contributed by atoms with van der Waals surface area (Å²) in [6, 6.07) is 14.5. The van der Waals surface area contributed by atoms with Crippen molar-refractivity contribution in [2.75, 3.05) is 5.32 Å². The van der Waals surface area contributed by atoms with Crippen LogP contribution in [0.4, 0.5) is 11.4 Å². The molecule has 0 unspecified atom stereocenters. The molecule has 1 aromatic heterocycles. The summed E-state index contributed by atoms with van der Waals surface area (Å²) in [5.41, 5.74) is 3.28. The maximum atomic E-state index is 12.7. The van der Waals surface area contributed by atoms with Crippen LogP contribution in [-0.2, 0) is 13.0 Å². The number of hydrogen-bond donors (Lipinski definition) is 1. The summed E-state index contributed by atoms with van der Waals surface area (Å²) in [6.07, 6.45) is 2.18. The number of anilines is 1. The SMILES string of the molecule is CCc1c(C(=O)Nc2ccc(C)c([N+](=O)[O-])c2)cnn1Cc1ccccc1. The summed E-state index contributed by atoms with van der Waals surface area (Å²) in [7, 11) is 0. The monoisotopic (exact) mass is 364 g/mol. The Labute approximate surface area is 156 Å². The van der Waals surface area contributed by atoms with Crippen molar-refractivity contribution in [3.05, 3.63) is 87.2 Å². The molecular formula is C20H20N4O3. The van der Waals surface area contributed by atoms with Crippen molar-refractivity contribution in [1.29, 1.82) is 0 Å². The zero-order chi connectivity index (χ0) is 19.4. The van der Waals surface area contributed by atoms with Crippen molar-refractivity contribution >= 4 is 17.3 Å². The Morgan fingerprint density at radius 3 is 2.63 bits per heavy atom. The van der Waals surface area contributed by atoms with Crippen molar-refractivity contribution in [2.45, 2.75) is 26.8 Å². The number of benzene rings is 2. The van der Waals surface area contributed by atoms with Gasteiger partial charge in [0.05, 0.1) is 28.9 Å². The van der Waals surface area contributed by atoms with Gasteiger partial charge >= 0.3 is 0 Å². The second-order valence-corrected chi connectivity index (χ2v) is 6.21. The van der Waals surface area contributed by atoms with Gasteiger partial charge in [-0.25, -0.2) is 0 Å². The molecule has 3 rings (SSSR count). The molecule has 7 nitrogen and oxygen atoms in total. The Morgan fingerprint density at radius 1 is 1.22 bits per heavy atom. The van der Waals surface area contributed by atoms with E-state index < -0.39 is 4.92 Å². The van der Waals surface area contributed by atoms with E-state index in [-0.39, 0.29) is 11.6 Å². The van der Waals surface area contributed by atoms with E-state index in [0.29, 0.717) is 29.8 Å². The minimum absolute atomic E-state index is 0.0247. The Bertz CT molecular complexity index is 980. The summed E-state index contributed by atoms with van der Waals surface area (Å²) in [5, 5.41) is 18.2. The van der Waals surface area contributed by atoms with E-state index in [1.54, 1.807) is 25.3 Å². The van der Waals surface area contributed by atoms with Crippen molar-refractivity contribution in [3.8, 4) is 0 Å². The van der Waals surface area contributed by atoms with E-state index >= 15 is 0 Å². The van der Waals surface area contributed by atoms with E-state index in [1.165, 1.54) is 6.07 Å². The molecule has 0 atom stereocenters. The molecule has 1 N–H and O–H groups in total. The fourth-order valence-electron chi connectivity index (χ4n) is 2.95. The number of nitrogens with one attached hydrogen (secondary N) is 1. The van der Waals surface area contributed by atoms with E-state index in [9.17, 15) is 14.9 Å². The molecule has 0 saturated carbocycles. The maximum absolute atomic E-state index is 12.7. The van der Waals surface area contributed by atoms with Crippen LogP contribution in [0.3, 0.4) is 0 Å². The zero-order valence-electron chi connectivity index (χ0n) is 15.2. The fraction of sp³-hybridized carbons (Fsp3) is 0.200. The molecule has 3 aromatic rings. The molecule has 138 valence electrons. The quantitative estimate of drug-likeness (QED) is 0.529. The Hall–Kier alpha value is -3.48. The second kappa shape index (κ2) is 7.82. The highest BCUT2D eigenvalue weighted by atomic mass is 16.6. The molecule has 0 saturated heterocycles. The van der Waals surface area contributed by atoms with Crippen LogP contribution in [0.25, 0.3) is 0 Å². The first kappa shape index (κ1) is 18.3. The topological polar surface area (TPSA) is 90.1 Å². The average molecular weight is 364 g/mol. The van der Waals surface area contributed by atoms with Gasteiger partial charge in [-0.1, -0.05) is 43.3 Å². The first-order valence-electron chi connectivity index (χ1n) is 8.64. The van der Waals surface area contributed by atoms with Crippen molar-refractivity contribution in [1.82, 2.24) is 9.78 Å². The molecule has 0 aliphatic carbocycles. The summed E-state index contributed by atoms with van der Waals surface area (Å²) >= 11 is 0. The second-order valence-electron chi connectivity index (χ2n) is 6.21. The number of rotatable bonds is 6. The average Bonchev–Trinajstić information content (AvgIpc) is 3.06. The maximum Gasteiger partial charge on any atom is 0.274 e. The lowest BCUT2D eigenvalue weighted by Gasteiger charge is -2.09. The minimum Gasteiger partial charge on any atom is -0.322 e. The molecule has 0 aliphatic heterocycles. The van der Waals surface area contributed by atoms with Crippen molar-refractivity contribution in [2.24, 2.45) is 0 Å². The lowest BCUT2D eigenvalue weighted by molar-refractivity contribution is -0.385. The van der Waals surface area contributed by atoms with Gasteiger partial charge in [-0.15, -0.1) is 0 Å². The smallest absolute Gasteiger partial charge is 0.274 e. The van der Waals surface area contributed by atoms with Crippen LogP contribution in [0.2, 0.25) is 0 Å². The van der Waals surface area contributed by atoms with Crippen molar-refractivity contribution < 1.29 is 9.72 Å². The number of carbonyl (C=O) groups is 1. The molecule has 0 bridgehead atoms. The third-order valence-electron chi connectivity index (χ3n) is 4.37. The Morgan fingerprint density at radius 2 is 1.96 bits per heavy atom. The molecule has 0 spiro atoms. The van der Waals surface area contributed by atoms with E-state index in [4.69, 9.17) is 0 Å². The van der Waals surface area contributed by atoms with Gasteiger partial charge < -0.3 is 5.32 Å². The van der Waals surface area contributed by atoms with Crippen LogP contribution in [-0.4, -0.2) is 20.6 Å². The summed E-state index contributed by atoms with van der Waals surface area (Å²) in [5.74, 6) is -0.329. The summed E-state index contributed by atoms with van der Waals surface area (Å²) in [6.45, 7) is 4.20. The predicted molar refractivity (Wildman–Crippen MR) is 103 cm³/mol. The molecule has 7 heteroatoms. The number of hydrogen-bond acceptors (Lipinski definition) is 4. The fourth-order valence-corrected chi connectivity index (χ4v) is 2.95. The lowest BCUT2D eigenvalue weighted by Crippen LogP contribution is -2.15. The van der Waals surface area contributed by atoms with Crippen LogP contribution in [0.5, 0.6) is 0 Å². The highest BCUT2D eigenvalue weighted by Crippen LogP contribution is 2.23. The van der Waals surface area contributed by atoms with Gasteiger partial charge in [-0.05, 0) is 25.0 Å². The minimum atomic E-state index is -0.458. The summed E-state index contributed by atoms with van der Waals surface area (Å²) < 4.78 is 1.81. The third-order valence-corrected chi connectivity index (χ3v) is 4.37. The van der Waals surface area contributed by atoms with E-state index in [0.717, 1.165) is 11.3 Å². The highest BCUT2D eigenvalue weighted by molar-refractivity contribution is 6.05. The van der Waals surface area contributed by atoms with Crippen LogP contribution in [0, 0.1) is 17.0 Å². The lowest BCUT2D eigenvalue weighted by atomic mass is 10.1. The van der Waals surface area contributed by atoms with Gasteiger partial charge in [-0.3, -0.25) is 19.6 Å². The number of carbonyl (C=O) groups excluding carboxylic acids is 1. The molecular weight excluding hydrogens is 344 g/mol. The molecule has 1 heterocycles. The van der Waals surface area contributed by atoms with Crippen LogP contribution in [0.1, 0.15) is 34.1 Å². The van der Waals surface area contributed by atoms with E-state index in [2.05, 4.69) is 10.4 Å².